The first-order valence-corrected chi connectivity index (χ1v) is 12.6. The summed E-state index contributed by atoms with van der Waals surface area (Å²) < 4.78 is 5.33. The number of aliphatic hydroxyl groups is 1. The molecule has 7 nitrogen and oxygen atoms in total. The lowest BCUT2D eigenvalue weighted by Gasteiger charge is -2.36. The van der Waals surface area contributed by atoms with E-state index in [1.54, 1.807) is 31.3 Å². The lowest BCUT2D eigenvalue weighted by molar-refractivity contribution is -0.146. The second-order valence-corrected chi connectivity index (χ2v) is 9.80. The number of carbonyl (C=O) groups is 1. The number of hydrogen-bond acceptors (Lipinski definition) is 7. The van der Waals surface area contributed by atoms with Crippen LogP contribution in [0.5, 0.6) is 5.75 Å². The van der Waals surface area contributed by atoms with Crippen molar-refractivity contribution < 1.29 is 19.7 Å². The number of hydrogen-bond donors (Lipinski definition) is 2. The number of benzene rings is 1. The fourth-order valence-electron chi connectivity index (χ4n) is 4.70. The van der Waals surface area contributed by atoms with Crippen LogP contribution in [0, 0.1) is 11.8 Å². The third-order valence-electron chi connectivity index (χ3n) is 6.60. The summed E-state index contributed by atoms with van der Waals surface area (Å²) in [5.74, 6) is 0.476. The van der Waals surface area contributed by atoms with E-state index < -0.39 is 18.0 Å². The highest BCUT2D eigenvalue weighted by atomic mass is 35.5. The largest absolute Gasteiger partial charge is 0.497 e. The molecule has 3 aromatic rings. The molecule has 11 heteroatoms. The summed E-state index contributed by atoms with van der Waals surface area (Å²) in [7, 11) is 1.61. The number of nitrogens with zero attached hydrogens (tertiary/aromatic N) is 3. The van der Waals surface area contributed by atoms with E-state index in [9.17, 15) is 15.0 Å². The number of carboxylic acids is 1. The summed E-state index contributed by atoms with van der Waals surface area (Å²) >= 11 is 1.69. The van der Waals surface area contributed by atoms with E-state index in [1.165, 1.54) is 0 Å². The standard InChI is InChI=1S/C26H31N3O4S.3ClH/c1-33-19-6-7-23-21(16-19)20(9-12-27-23)24(30)8-5-18-10-13-29(17-22(18)26(31)32)14-15-34-25-4-2-3-11-28-25;;;/h2-4,6-7,9,11-12,16,18,22,24,30H,5,8,10,13-15,17H2,1H3,(H,31,32);3*1H/t18-,22+,24?;;;/m1.../s1. The van der Waals surface area contributed by atoms with Crippen molar-refractivity contribution in [2.75, 3.05) is 32.5 Å². The predicted molar refractivity (Wildman–Crippen MR) is 155 cm³/mol. The molecule has 1 unspecified atom stereocenters. The molecule has 1 fully saturated rings. The molecular formula is C26H34Cl3N3O4S. The number of aromatic nitrogens is 2. The smallest absolute Gasteiger partial charge is 0.308 e. The number of pyridine rings is 2. The van der Waals surface area contributed by atoms with Crippen LogP contribution >= 0.6 is 49.0 Å². The number of rotatable bonds is 10. The molecule has 0 amide bonds. The van der Waals surface area contributed by atoms with Crippen LogP contribution in [-0.2, 0) is 4.79 Å². The van der Waals surface area contributed by atoms with Crippen LogP contribution in [-0.4, -0.2) is 63.5 Å². The summed E-state index contributed by atoms with van der Waals surface area (Å²) in [5, 5.41) is 22.7. The molecule has 0 radical (unpaired) electrons. The zero-order valence-electron chi connectivity index (χ0n) is 20.6. The van der Waals surface area contributed by atoms with Gasteiger partial charge in [0.25, 0.3) is 0 Å². The van der Waals surface area contributed by atoms with Crippen LogP contribution in [0.15, 0.2) is 59.9 Å². The molecular weight excluding hydrogens is 557 g/mol. The van der Waals surface area contributed by atoms with Gasteiger partial charge >= 0.3 is 5.97 Å². The zero-order valence-corrected chi connectivity index (χ0v) is 23.8. The Bertz CT molecular complexity index is 1110. The van der Waals surface area contributed by atoms with Crippen LogP contribution < -0.4 is 4.74 Å². The first-order valence-electron chi connectivity index (χ1n) is 11.6. The van der Waals surface area contributed by atoms with E-state index in [0.717, 1.165) is 46.8 Å². The number of thioether (sulfide) groups is 1. The highest BCUT2D eigenvalue weighted by molar-refractivity contribution is 7.99. The number of ether oxygens (including phenoxy) is 1. The minimum absolute atomic E-state index is 0. The van der Waals surface area contributed by atoms with Crippen molar-refractivity contribution in [1.82, 2.24) is 14.9 Å². The minimum Gasteiger partial charge on any atom is -0.497 e. The molecule has 3 atom stereocenters. The average Bonchev–Trinajstić information content (AvgIpc) is 2.87. The van der Waals surface area contributed by atoms with Crippen molar-refractivity contribution in [3.05, 3.63) is 60.4 Å². The summed E-state index contributed by atoms with van der Waals surface area (Å²) in [6.07, 6.45) is 4.81. The topological polar surface area (TPSA) is 95.8 Å². The number of halogens is 3. The van der Waals surface area contributed by atoms with Gasteiger partial charge in [-0.15, -0.1) is 49.0 Å². The summed E-state index contributed by atoms with van der Waals surface area (Å²) in [4.78, 5) is 23.0. The van der Waals surface area contributed by atoms with Gasteiger partial charge in [0.15, 0.2) is 0 Å². The van der Waals surface area contributed by atoms with Crippen LogP contribution in [0.1, 0.15) is 30.9 Å². The SMILES string of the molecule is COc1ccc2nccc(C(O)CC[C@@H]3CCN(CCSc4ccccn4)C[C@@H]3C(=O)O)c2c1.Cl.Cl.Cl. The highest BCUT2D eigenvalue weighted by Gasteiger charge is 2.34. The van der Waals surface area contributed by atoms with Gasteiger partial charge in [0, 0.05) is 36.6 Å². The Balaban J connectivity index is 0.00000228. The molecule has 1 saturated heterocycles. The summed E-state index contributed by atoms with van der Waals surface area (Å²) in [6, 6.07) is 13.3. The molecule has 2 aromatic heterocycles. The maximum absolute atomic E-state index is 12.0. The van der Waals surface area contributed by atoms with Crippen molar-refractivity contribution in [2.45, 2.75) is 30.4 Å². The molecule has 37 heavy (non-hydrogen) atoms. The second kappa shape index (κ2) is 16.2. The molecule has 1 aliphatic rings. The molecule has 0 saturated carbocycles. The van der Waals surface area contributed by atoms with Crippen molar-refractivity contribution in [3.63, 3.8) is 0 Å². The third kappa shape index (κ3) is 8.87. The first-order chi connectivity index (χ1) is 16.5. The number of carboxylic acid groups (broad SMARTS) is 1. The zero-order chi connectivity index (χ0) is 23.9. The van der Waals surface area contributed by atoms with Crippen LogP contribution in [0.25, 0.3) is 10.9 Å². The Morgan fingerprint density at radius 1 is 1.16 bits per heavy atom. The summed E-state index contributed by atoms with van der Waals surface area (Å²) in [6.45, 7) is 2.27. The van der Waals surface area contributed by atoms with Gasteiger partial charge in [-0.05, 0) is 73.7 Å². The number of aliphatic carboxylic acids is 1. The quantitative estimate of drug-likeness (QED) is 0.298. The molecule has 1 aliphatic heterocycles. The Hall–Kier alpha value is -1.81. The van der Waals surface area contributed by atoms with E-state index in [2.05, 4.69) is 14.9 Å². The van der Waals surface area contributed by atoms with E-state index >= 15 is 0 Å². The first kappa shape index (κ1) is 33.2. The van der Waals surface area contributed by atoms with Crippen molar-refractivity contribution in [2.24, 2.45) is 11.8 Å². The average molecular weight is 591 g/mol. The van der Waals surface area contributed by atoms with E-state index in [4.69, 9.17) is 4.74 Å². The number of fused-ring (bicyclic) bond motifs is 1. The van der Waals surface area contributed by atoms with Gasteiger partial charge in [0.1, 0.15) is 5.75 Å². The fraction of sp³-hybridized carbons (Fsp3) is 0.423. The molecule has 1 aromatic carbocycles. The maximum atomic E-state index is 12.0. The molecule has 0 aliphatic carbocycles. The van der Waals surface area contributed by atoms with Crippen molar-refractivity contribution in [1.29, 1.82) is 0 Å². The van der Waals surface area contributed by atoms with Gasteiger partial charge in [0.05, 0.1) is 29.7 Å². The van der Waals surface area contributed by atoms with Crippen molar-refractivity contribution in [3.8, 4) is 5.75 Å². The highest BCUT2D eigenvalue weighted by Crippen LogP contribution is 2.34. The summed E-state index contributed by atoms with van der Waals surface area (Å²) in [5.41, 5.74) is 1.61. The van der Waals surface area contributed by atoms with Gasteiger partial charge in [-0.25, -0.2) is 4.98 Å². The van der Waals surface area contributed by atoms with E-state index in [1.807, 2.05) is 42.5 Å². The van der Waals surface area contributed by atoms with Crippen LogP contribution in [0.4, 0.5) is 0 Å². The van der Waals surface area contributed by atoms with Crippen LogP contribution in [0.3, 0.4) is 0 Å². The van der Waals surface area contributed by atoms with Gasteiger partial charge in [0.2, 0.25) is 0 Å². The van der Waals surface area contributed by atoms with Gasteiger partial charge in [-0.3, -0.25) is 9.78 Å². The van der Waals surface area contributed by atoms with E-state index in [0.29, 0.717) is 25.1 Å². The number of piperidine rings is 1. The lowest BCUT2D eigenvalue weighted by atomic mass is 9.81. The van der Waals surface area contributed by atoms with Crippen LogP contribution in [0.2, 0.25) is 0 Å². The predicted octanol–water partition coefficient (Wildman–Crippen LogP) is 5.53. The number of methoxy groups -OCH3 is 1. The van der Waals surface area contributed by atoms with Gasteiger partial charge < -0.3 is 19.8 Å². The fourth-order valence-corrected chi connectivity index (χ4v) is 5.57. The Morgan fingerprint density at radius 2 is 1.97 bits per heavy atom. The number of aliphatic hydroxyl groups excluding tert-OH is 1. The second-order valence-electron chi connectivity index (χ2n) is 8.69. The number of likely N-dealkylation sites (tertiary alicyclic amines) is 1. The molecule has 0 spiro atoms. The Kier molecular flexibility index (Phi) is 14.6. The maximum Gasteiger partial charge on any atom is 0.308 e. The Morgan fingerprint density at radius 3 is 2.68 bits per heavy atom. The van der Waals surface area contributed by atoms with Gasteiger partial charge in [-0.2, -0.15) is 0 Å². The molecule has 204 valence electrons. The molecule has 3 heterocycles. The van der Waals surface area contributed by atoms with E-state index in [-0.39, 0.29) is 43.1 Å². The minimum atomic E-state index is -0.749. The van der Waals surface area contributed by atoms with Gasteiger partial charge in [-0.1, -0.05) is 6.07 Å². The monoisotopic (exact) mass is 589 g/mol. The van der Waals surface area contributed by atoms with Crippen molar-refractivity contribution >= 4 is 65.9 Å². The Labute approximate surface area is 240 Å². The molecule has 0 bridgehead atoms. The molecule has 2 N–H and O–H groups in total. The lowest BCUT2D eigenvalue weighted by Crippen LogP contribution is -2.44. The normalized spacial score (nSPS) is 18.1. The molecule has 4 rings (SSSR count). The third-order valence-corrected chi connectivity index (χ3v) is 7.53.